The van der Waals surface area contributed by atoms with Crippen molar-refractivity contribution in [3.63, 3.8) is 0 Å². The maximum atomic E-state index is 6.05. The molecule has 130 valence electrons. The van der Waals surface area contributed by atoms with Gasteiger partial charge in [-0.05, 0) is 48.5 Å². The number of pyridine rings is 2. The molecule has 0 bridgehead atoms. The van der Waals surface area contributed by atoms with E-state index in [0.717, 1.165) is 10.6 Å². The molecule has 0 saturated heterocycles. The summed E-state index contributed by atoms with van der Waals surface area (Å²) in [6.45, 7) is 0. The monoisotopic (exact) mass is 378 g/mol. The van der Waals surface area contributed by atoms with Crippen molar-refractivity contribution < 1.29 is 9.13 Å². The van der Waals surface area contributed by atoms with Crippen molar-refractivity contribution in [3.8, 4) is 34.5 Å². The van der Waals surface area contributed by atoms with Crippen LogP contribution in [0.3, 0.4) is 0 Å². The maximum absolute atomic E-state index is 6.05. The van der Waals surface area contributed by atoms with Crippen LogP contribution < -0.4 is 9.13 Å². The summed E-state index contributed by atoms with van der Waals surface area (Å²) in [6, 6.07) is 29.1. The molecule has 2 aromatic heterocycles. The van der Waals surface area contributed by atoms with E-state index in [2.05, 4.69) is 87.8 Å². The molecule has 2 nitrogen and oxygen atoms in total. The molecule has 28 heavy (non-hydrogen) atoms. The van der Waals surface area contributed by atoms with Crippen LogP contribution in [-0.4, -0.2) is 0 Å². The van der Waals surface area contributed by atoms with Gasteiger partial charge in [0.05, 0.1) is 11.5 Å². The van der Waals surface area contributed by atoms with Crippen LogP contribution in [0.4, 0.5) is 0 Å². The summed E-state index contributed by atoms with van der Waals surface area (Å²) < 4.78 is 4.66. The Kier molecular flexibility index (Phi) is 3.10. The summed E-state index contributed by atoms with van der Waals surface area (Å²) in [5.41, 5.74) is 6.35. The molecule has 0 N–H and O–H groups in total. The Balaban J connectivity index is 1.72. The van der Waals surface area contributed by atoms with Crippen molar-refractivity contribution in [2.75, 3.05) is 0 Å². The van der Waals surface area contributed by atoms with E-state index in [1.807, 2.05) is 24.3 Å². The van der Waals surface area contributed by atoms with Crippen molar-refractivity contribution in [1.82, 2.24) is 0 Å². The highest BCUT2D eigenvalue weighted by molar-refractivity contribution is 6.30. The first-order valence-corrected chi connectivity index (χ1v) is 9.62. The third-order valence-corrected chi connectivity index (χ3v) is 5.84. The molecule has 4 heterocycles. The Morgan fingerprint density at radius 2 is 1.46 bits per heavy atom. The van der Waals surface area contributed by atoms with Crippen LogP contribution in [0.1, 0.15) is 11.1 Å². The van der Waals surface area contributed by atoms with E-state index >= 15 is 0 Å². The van der Waals surface area contributed by atoms with Crippen LogP contribution in [0.5, 0.6) is 0 Å². The summed E-state index contributed by atoms with van der Waals surface area (Å²) in [4.78, 5) is 0. The van der Waals surface area contributed by atoms with Crippen LogP contribution in [0, 0.1) is 11.8 Å². The lowest BCUT2D eigenvalue weighted by Crippen LogP contribution is -2.67. The van der Waals surface area contributed by atoms with Crippen LogP contribution in [0.2, 0.25) is 5.02 Å². The number of benzene rings is 2. The van der Waals surface area contributed by atoms with E-state index in [9.17, 15) is 0 Å². The second kappa shape index (κ2) is 5.55. The molecule has 0 radical (unpaired) electrons. The number of hydrogen-bond acceptors (Lipinski definition) is 0. The van der Waals surface area contributed by atoms with E-state index in [4.69, 9.17) is 11.6 Å². The fourth-order valence-corrected chi connectivity index (χ4v) is 4.57. The molecule has 1 unspecified atom stereocenters. The van der Waals surface area contributed by atoms with Gasteiger partial charge in [-0.2, -0.15) is 0 Å². The zero-order valence-corrected chi connectivity index (χ0v) is 15.7. The van der Waals surface area contributed by atoms with Crippen LogP contribution in [0.25, 0.3) is 22.6 Å². The molecule has 2 aromatic carbocycles. The third kappa shape index (κ3) is 1.89. The lowest BCUT2D eigenvalue weighted by molar-refractivity contribution is -0.924. The summed E-state index contributed by atoms with van der Waals surface area (Å²) in [5, 5.41) is 0.720. The van der Waals surface area contributed by atoms with Gasteiger partial charge in [0, 0.05) is 34.9 Å². The molecule has 6 rings (SSSR count). The molecule has 0 fully saturated rings. The molecular formula is C25H15ClN2+2. The average Bonchev–Trinajstić information content (AvgIpc) is 3.21. The van der Waals surface area contributed by atoms with E-state index in [1.54, 1.807) is 0 Å². The molecule has 3 heteroatoms. The normalized spacial score (nSPS) is 17.3. The van der Waals surface area contributed by atoms with Gasteiger partial charge in [-0.25, -0.2) is 0 Å². The van der Waals surface area contributed by atoms with Gasteiger partial charge in [-0.15, -0.1) is 9.13 Å². The first-order valence-electron chi connectivity index (χ1n) is 9.25. The van der Waals surface area contributed by atoms with Crippen LogP contribution in [0.15, 0.2) is 91.1 Å². The largest absolute Gasteiger partial charge is 0.455 e. The van der Waals surface area contributed by atoms with Crippen molar-refractivity contribution in [1.29, 1.82) is 0 Å². The smallest absolute Gasteiger partial charge is 0.112 e. The SMILES string of the molecule is Clc1ccc(C#CC23c4ccccc4-c4cccc([n+]42)-c2cccc[n+]23)cc1. The van der Waals surface area contributed by atoms with Crippen LogP contribution >= 0.6 is 11.6 Å². The van der Waals surface area contributed by atoms with Crippen molar-refractivity contribution >= 4 is 11.6 Å². The topological polar surface area (TPSA) is 7.76 Å². The number of halogens is 1. The second-order valence-corrected chi connectivity index (χ2v) is 7.50. The quantitative estimate of drug-likeness (QED) is 0.320. The zero-order valence-electron chi connectivity index (χ0n) is 14.9. The van der Waals surface area contributed by atoms with Gasteiger partial charge in [-0.3, -0.25) is 0 Å². The van der Waals surface area contributed by atoms with Gasteiger partial charge in [0.2, 0.25) is 5.69 Å². The fraction of sp³-hybridized carbons (Fsp3) is 0.0400. The molecule has 0 aliphatic carbocycles. The van der Waals surface area contributed by atoms with Crippen LogP contribution in [-0.2, 0) is 5.66 Å². The molecule has 2 aliphatic heterocycles. The Labute approximate surface area is 168 Å². The van der Waals surface area contributed by atoms with Gasteiger partial charge < -0.3 is 0 Å². The molecule has 0 saturated carbocycles. The lowest BCUT2D eigenvalue weighted by atomic mass is 9.97. The van der Waals surface area contributed by atoms with Crippen molar-refractivity contribution in [2.45, 2.75) is 5.66 Å². The minimum absolute atomic E-state index is 0.585. The fourth-order valence-electron chi connectivity index (χ4n) is 4.45. The average molecular weight is 379 g/mol. The van der Waals surface area contributed by atoms with Gasteiger partial charge in [0.1, 0.15) is 5.56 Å². The standard InChI is InChI=1S/C25H15ClN2/c26-19-13-11-18(12-14-19)15-16-25-21-7-2-1-6-20(21)22-9-5-10-24(28(22)25)23-8-3-4-17-27(23)25/h1-14,17H/q+2. The number of rotatable bonds is 0. The minimum Gasteiger partial charge on any atom is -0.112 e. The Hall–Kier alpha value is -3.41. The van der Waals surface area contributed by atoms with Gasteiger partial charge in [-0.1, -0.05) is 29.7 Å². The molecule has 4 aromatic rings. The molecule has 0 amide bonds. The number of fused-ring (bicyclic) bond motifs is 6. The predicted octanol–water partition coefficient (Wildman–Crippen LogP) is 4.18. The second-order valence-electron chi connectivity index (χ2n) is 7.06. The van der Waals surface area contributed by atoms with Gasteiger partial charge >= 0.3 is 5.66 Å². The molecular weight excluding hydrogens is 364 g/mol. The molecule has 0 spiro atoms. The molecule has 2 aliphatic rings. The van der Waals surface area contributed by atoms with E-state index in [1.165, 1.54) is 28.2 Å². The first-order chi connectivity index (χ1) is 13.8. The van der Waals surface area contributed by atoms with Gasteiger partial charge in [0.25, 0.3) is 11.4 Å². The number of hydrogen-bond donors (Lipinski definition) is 0. The summed E-state index contributed by atoms with van der Waals surface area (Å²) in [6.07, 6.45) is 2.13. The van der Waals surface area contributed by atoms with Crippen molar-refractivity contribution in [2.24, 2.45) is 0 Å². The zero-order chi connectivity index (χ0) is 18.7. The Morgan fingerprint density at radius 3 is 2.36 bits per heavy atom. The highest BCUT2D eigenvalue weighted by Crippen LogP contribution is 2.40. The maximum Gasteiger partial charge on any atom is 0.455 e. The van der Waals surface area contributed by atoms with E-state index in [-0.39, 0.29) is 0 Å². The van der Waals surface area contributed by atoms with E-state index in [0.29, 0.717) is 0 Å². The summed E-state index contributed by atoms with van der Waals surface area (Å²) in [7, 11) is 0. The minimum atomic E-state index is -0.585. The molecule has 1 atom stereocenters. The lowest BCUT2D eigenvalue weighted by Gasteiger charge is -2.09. The predicted molar refractivity (Wildman–Crippen MR) is 109 cm³/mol. The third-order valence-electron chi connectivity index (χ3n) is 5.59. The van der Waals surface area contributed by atoms with E-state index < -0.39 is 5.66 Å². The highest BCUT2D eigenvalue weighted by atomic mass is 35.5. The number of aromatic nitrogens is 2. The summed E-state index contributed by atoms with van der Waals surface area (Å²) in [5.74, 6) is 7.05. The summed E-state index contributed by atoms with van der Waals surface area (Å²) >= 11 is 6.05. The Bertz CT molecular complexity index is 1260. The highest BCUT2D eigenvalue weighted by Gasteiger charge is 2.66. The Morgan fingerprint density at radius 1 is 0.714 bits per heavy atom. The number of nitrogens with zero attached hydrogens (tertiary/aromatic N) is 2. The first kappa shape index (κ1) is 15.6. The van der Waals surface area contributed by atoms with Crippen molar-refractivity contribution in [3.05, 3.63) is 107 Å². The van der Waals surface area contributed by atoms with Gasteiger partial charge in [0.15, 0.2) is 6.20 Å².